The Morgan fingerprint density at radius 3 is 2.40 bits per heavy atom. The molecule has 0 aliphatic carbocycles. The Bertz CT molecular complexity index is 905. The SMILES string of the molecule is [C-]#[N+]C(c1cncn1[C@H](C)c1ccc(F)cc1)N1CCN(C(=O)OC(C)(C)C)CC1. The molecule has 0 radical (unpaired) electrons. The van der Waals surface area contributed by atoms with Gasteiger partial charge in [-0.25, -0.2) is 25.6 Å². The molecule has 2 atom stereocenters. The second kappa shape index (κ2) is 8.84. The van der Waals surface area contributed by atoms with E-state index in [1.807, 2.05) is 32.3 Å². The van der Waals surface area contributed by atoms with Crippen LogP contribution >= 0.6 is 0 Å². The van der Waals surface area contributed by atoms with Gasteiger partial charge >= 0.3 is 12.3 Å². The fourth-order valence-corrected chi connectivity index (χ4v) is 3.55. The number of aromatic nitrogens is 2. The number of halogens is 1. The van der Waals surface area contributed by atoms with Gasteiger partial charge in [0.25, 0.3) is 0 Å². The van der Waals surface area contributed by atoms with Crippen molar-refractivity contribution in [1.29, 1.82) is 0 Å². The maximum Gasteiger partial charge on any atom is 0.410 e. The Labute approximate surface area is 176 Å². The first-order valence-corrected chi connectivity index (χ1v) is 10.1. The van der Waals surface area contributed by atoms with E-state index in [1.165, 1.54) is 12.1 Å². The number of carbonyl (C=O) groups excluding carboxylic acids is 1. The van der Waals surface area contributed by atoms with Crippen LogP contribution < -0.4 is 0 Å². The molecule has 1 fully saturated rings. The Hall–Kier alpha value is -2.92. The van der Waals surface area contributed by atoms with Crippen molar-refractivity contribution in [3.05, 3.63) is 65.3 Å². The molecule has 0 saturated carbocycles. The average Bonchev–Trinajstić information content (AvgIpc) is 3.17. The van der Waals surface area contributed by atoms with Gasteiger partial charge in [0.1, 0.15) is 17.1 Å². The summed E-state index contributed by atoms with van der Waals surface area (Å²) in [5.41, 5.74) is 1.19. The van der Waals surface area contributed by atoms with Crippen LogP contribution in [-0.4, -0.2) is 57.2 Å². The third-order valence-electron chi connectivity index (χ3n) is 5.16. The van der Waals surface area contributed by atoms with Crippen LogP contribution in [0.2, 0.25) is 0 Å². The molecule has 1 aliphatic heterocycles. The summed E-state index contributed by atoms with van der Waals surface area (Å²) in [5.74, 6) is -0.279. The summed E-state index contributed by atoms with van der Waals surface area (Å²) in [6.07, 6.45) is 2.59. The number of amides is 1. The number of hydrogen-bond donors (Lipinski definition) is 0. The monoisotopic (exact) mass is 413 g/mol. The number of hydrogen-bond acceptors (Lipinski definition) is 4. The molecule has 1 aromatic carbocycles. The first-order chi connectivity index (χ1) is 14.2. The van der Waals surface area contributed by atoms with Crippen LogP contribution in [0.15, 0.2) is 36.8 Å². The van der Waals surface area contributed by atoms with Gasteiger partial charge in [-0.2, -0.15) is 0 Å². The highest BCUT2D eigenvalue weighted by Gasteiger charge is 2.34. The minimum atomic E-state index is -0.531. The molecule has 0 spiro atoms. The third-order valence-corrected chi connectivity index (χ3v) is 5.16. The van der Waals surface area contributed by atoms with Gasteiger partial charge in [-0.05, 0) is 45.4 Å². The van der Waals surface area contributed by atoms with Crippen LogP contribution in [-0.2, 0) is 4.74 Å². The molecule has 1 saturated heterocycles. The molecule has 1 amide bonds. The van der Waals surface area contributed by atoms with Crippen LogP contribution in [0.1, 0.15) is 51.2 Å². The molecule has 0 bridgehead atoms. The molecule has 1 aliphatic rings. The number of rotatable bonds is 4. The van der Waals surface area contributed by atoms with E-state index < -0.39 is 11.8 Å². The van der Waals surface area contributed by atoms with Crippen LogP contribution in [0.5, 0.6) is 0 Å². The molecule has 0 N–H and O–H groups in total. The third kappa shape index (κ3) is 4.97. The van der Waals surface area contributed by atoms with E-state index in [2.05, 4.69) is 14.7 Å². The predicted octanol–water partition coefficient (Wildman–Crippen LogP) is 4.10. The van der Waals surface area contributed by atoms with Gasteiger partial charge in [0.2, 0.25) is 0 Å². The smallest absolute Gasteiger partial charge is 0.410 e. The van der Waals surface area contributed by atoms with Gasteiger partial charge in [0.15, 0.2) is 0 Å². The minimum Gasteiger partial charge on any atom is -0.444 e. The first kappa shape index (κ1) is 21.8. The number of imidazole rings is 1. The number of carbonyl (C=O) groups is 1. The second-order valence-corrected chi connectivity index (χ2v) is 8.46. The van der Waals surface area contributed by atoms with E-state index in [1.54, 1.807) is 29.6 Å². The van der Waals surface area contributed by atoms with Crippen LogP contribution in [0, 0.1) is 12.4 Å². The topological polar surface area (TPSA) is 55.0 Å². The summed E-state index contributed by atoms with van der Waals surface area (Å²) in [5, 5.41) is 0. The van der Waals surface area contributed by atoms with Gasteiger partial charge in [-0.15, -0.1) is 0 Å². The molecule has 1 aromatic heterocycles. The fraction of sp³-hybridized carbons (Fsp3) is 0.500. The highest BCUT2D eigenvalue weighted by molar-refractivity contribution is 5.68. The standard InChI is InChI=1S/C22H28FN5O2/c1-16(17-6-8-18(23)9-7-17)28-15-25-14-19(28)20(24-5)26-10-12-27(13-11-26)21(29)30-22(2,3)4/h6-9,14-16,20H,10-13H2,1-4H3/t16-,20?/m1/s1. The van der Waals surface area contributed by atoms with Crippen molar-refractivity contribution in [3.63, 3.8) is 0 Å². The van der Waals surface area contributed by atoms with Crippen molar-refractivity contribution in [2.75, 3.05) is 26.2 Å². The maximum absolute atomic E-state index is 13.3. The maximum atomic E-state index is 13.3. The molecular weight excluding hydrogens is 385 g/mol. The Morgan fingerprint density at radius 2 is 1.83 bits per heavy atom. The second-order valence-electron chi connectivity index (χ2n) is 8.46. The first-order valence-electron chi connectivity index (χ1n) is 10.1. The van der Waals surface area contributed by atoms with Gasteiger partial charge < -0.3 is 14.2 Å². The van der Waals surface area contributed by atoms with Crippen LogP contribution in [0.25, 0.3) is 4.85 Å². The van der Waals surface area contributed by atoms with E-state index in [0.29, 0.717) is 26.2 Å². The summed E-state index contributed by atoms with van der Waals surface area (Å²) in [4.78, 5) is 24.2. The van der Waals surface area contributed by atoms with Crippen molar-refractivity contribution >= 4 is 6.09 Å². The van der Waals surface area contributed by atoms with Crippen molar-refractivity contribution in [2.24, 2.45) is 0 Å². The lowest BCUT2D eigenvalue weighted by Crippen LogP contribution is -2.50. The predicted molar refractivity (Wildman–Crippen MR) is 111 cm³/mol. The summed E-state index contributed by atoms with van der Waals surface area (Å²) in [7, 11) is 0. The van der Waals surface area contributed by atoms with E-state index in [0.717, 1.165) is 11.3 Å². The molecule has 160 valence electrons. The summed E-state index contributed by atoms with van der Waals surface area (Å²) >= 11 is 0. The van der Waals surface area contributed by atoms with Gasteiger partial charge in [-0.1, -0.05) is 12.1 Å². The molecule has 7 nitrogen and oxygen atoms in total. The van der Waals surface area contributed by atoms with Gasteiger partial charge in [0, 0.05) is 26.2 Å². The van der Waals surface area contributed by atoms with Gasteiger partial charge in [-0.3, -0.25) is 4.85 Å². The van der Waals surface area contributed by atoms with Crippen molar-refractivity contribution in [1.82, 2.24) is 19.4 Å². The lowest BCUT2D eigenvalue weighted by molar-refractivity contribution is 0.0118. The van der Waals surface area contributed by atoms with E-state index in [4.69, 9.17) is 11.3 Å². The number of benzene rings is 1. The summed E-state index contributed by atoms with van der Waals surface area (Å²) < 4.78 is 20.7. The lowest BCUT2D eigenvalue weighted by Gasteiger charge is -2.35. The Morgan fingerprint density at radius 1 is 1.20 bits per heavy atom. The van der Waals surface area contributed by atoms with Crippen molar-refractivity contribution < 1.29 is 13.9 Å². The van der Waals surface area contributed by atoms with E-state index in [-0.39, 0.29) is 18.0 Å². The zero-order valence-electron chi connectivity index (χ0n) is 17.9. The molecular formula is C22H28FN5O2. The van der Waals surface area contributed by atoms with Crippen LogP contribution in [0.4, 0.5) is 9.18 Å². The quantitative estimate of drug-likeness (QED) is 0.708. The number of piperazine rings is 1. The van der Waals surface area contributed by atoms with Crippen LogP contribution in [0.3, 0.4) is 0 Å². The zero-order valence-corrected chi connectivity index (χ0v) is 17.9. The van der Waals surface area contributed by atoms with Crippen molar-refractivity contribution in [2.45, 2.75) is 45.5 Å². The fourth-order valence-electron chi connectivity index (χ4n) is 3.55. The lowest BCUT2D eigenvalue weighted by atomic mass is 10.1. The highest BCUT2D eigenvalue weighted by atomic mass is 19.1. The molecule has 30 heavy (non-hydrogen) atoms. The summed E-state index contributed by atoms with van der Waals surface area (Å²) in [6, 6.07) is 6.28. The normalized spacial score (nSPS) is 17.3. The van der Waals surface area contributed by atoms with E-state index in [9.17, 15) is 9.18 Å². The minimum absolute atomic E-state index is 0.0876. The van der Waals surface area contributed by atoms with E-state index >= 15 is 0 Å². The molecule has 2 heterocycles. The zero-order chi connectivity index (χ0) is 21.9. The molecule has 8 heteroatoms. The summed E-state index contributed by atoms with van der Waals surface area (Å²) in [6.45, 7) is 17.5. The average molecular weight is 413 g/mol. The number of ether oxygens (including phenoxy) is 1. The number of nitrogens with zero attached hydrogens (tertiary/aromatic N) is 5. The Balaban J connectivity index is 1.71. The van der Waals surface area contributed by atoms with Gasteiger partial charge in [0.05, 0.1) is 18.6 Å². The molecule has 3 rings (SSSR count). The molecule has 1 unspecified atom stereocenters. The Kier molecular flexibility index (Phi) is 6.42. The van der Waals surface area contributed by atoms with Crippen molar-refractivity contribution in [3.8, 4) is 0 Å². The largest absolute Gasteiger partial charge is 0.444 e. The highest BCUT2D eigenvalue weighted by Crippen LogP contribution is 2.28. The molecule has 2 aromatic rings.